The molecule has 1 nitrogen and oxygen atoms in total. The van der Waals surface area contributed by atoms with Crippen molar-refractivity contribution in [3.63, 3.8) is 0 Å². The predicted octanol–water partition coefficient (Wildman–Crippen LogP) is 5.87. The second-order valence-corrected chi connectivity index (χ2v) is 5.90. The molecule has 0 heterocycles. The molecule has 0 aliphatic rings. The molecule has 1 N–H and O–H groups in total. The number of benzene rings is 2. The van der Waals surface area contributed by atoms with E-state index in [0.29, 0.717) is 10.0 Å². The summed E-state index contributed by atoms with van der Waals surface area (Å²) in [7, 11) is 0. The van der Waals surface area contributed by atoms with Gasteiger partial charge in [0, 0.05) is 0 Å². The molecule has 0 spiro atoms. The maximum absolute atomic E-state index is 13.4. The third-order valence-electron chi connectivity index (χ3n) is 3.17. The van der Waals surface area contributed by atoms with Crippen molar-refractivity contribution >= 4 is 34.8 Å². The first-order valence-electron chi connectivity index (χ1n) is 6.66. The van der Waals surface area contributed by atoms with Gasteiger partial charge in [0.15, 0.2) is 0 Å². The molecule has 0 fully saturated rings. The SMILES string of the molecule is CCCNC(c1ccc(F)c(Cl)c1)c1cccc(Cl)c1Cl. The smallest absolute Gasteiger partial charge is 0.141 e. The Kier molecular flexibility index (Phi) is 5.88. The molecule has 0 radical (unpaired) electrons. The van der Waals surface area contributed by atoms with Crippen molar-refractivity contribution in [2.24, 2.45) is 0 Å². The molecule has 5 heteroatoms. The minimum Gasteiger partial charge on any atom is -0.306 e. The summed E-state index contributed by atoms with van der Waals surface area (Å²) in [6, 6.07) is 9.97. The Bertz CT molecular complexity index is 631. The summed E-state index contributed by atoms with van der Waals surface area (Å²) in [5.74, 6) is -0.438. The fourth-order valence-corrected chi connectivity index (χ4v) is 2.74. The monoisotopic (exact) mass is 345 g/mol. The van der Waals surface area contributed by atoms with Gasteiger partial charge in [0.05, 0.1) is 21.1 Å². The Labute approximate surface area is 139 Å². The molecule has 2 aromatic carbocycles. The van der Waals surface area contributed by atoms with Gasteiger partial charge in [0.25, 0.3) is 0 Å². The van der Waals surface area contributed by atoms with Crippen LogP contribution in [0.1, 0.15) is 30.5 Å². The number of halogens is 4. The maximum atomic E-state index is 13.4. The molecule has 21 heavy (non-hydrogen) atoms. The minimum absolute atomic E-state index is 0.0916. The second-order valence-electron chi connectivity index (χ2n) is 4.70. The van der Waals surface area contributed by atoms with Gasteiger partial charge in [-0.05, 0) is 42.3 Å². The zero-order valence-electron chi connectivity index (χ0n) is 11.5. The lowest BCUT2D eigenvalue weighted by Gasteiger charge is -2.21. The van der Waals surface area contributed by atoms with Gasteiger partial charge in [-0.15, -0.1) is 0 Å². The average molecular weight is 347 g/mol. The number of rotatable bonds is 5. The molecule has 1 unspecified atom stereocenters. The standard InChI is InChI=1S/C16H15Cl3FN/c1-2-8-21-16(10-6-7-14(20)13(18)9-10)11-4-3-5-12(17)15(11)19/h3-7,9,16,21H,2,8H2,1H3. The van der Waals surface area contributed by atoms with Crippen molar-refractivity contribution in [2.75, 3.05) is 6.54 Å². The van der Waals surface area contributed by atoms with Crippen molar-refractivity contribution in [3.05, 3.63) is 68.4 Å². The van der Waals surface area contributed by atoms with Gasteiger partial charge < -0.3 is 5.32 Å². The van der Waals surface area contributed by atoms with E-state index >= 15 is 0 Å². The van der Waals surface area contributed by atoms with Crippen molar-refractivity contribution in [2.45, 2.75) is 19.4 Å². The van der Waals surface area contributed by atoms with E-state index in [1.54, 1.807) is 18.2 Å². The van der Waals surface area contributed by atoms with Crippen LogP contribution in [0.4, 0.5) is 4.39 Å². The van der Waals surface area contributed by atoms with Gasteiger partial charge in [-0.2, -0.15) is 0 Å². The zero-order valence-corrected chi connectivity index (χ0v) is 13.7. The van der Waals surface area contributed by atoms with Crippen LogP contribution in [0.25, 0.3) is 0 Å². The van der Waals surface area contributed by atoms with Crippen LogP contribution in [0.5, 0.6) is 0 Å². The minimum atomic E-state index is -0.438. The van der Waals surface area contributed by atoms with E-state index in [9.17, 15) is 4.39 Å². The van der Waals surface area contributed by atoms with E-state index in [2.05, 4.69) is 12.2 Å². The Balaban J connectivity index is 2.47. The molecular weight excluding hydrogens is 332 g/mol. The third kappa shape index (κ3) is 3.89. The lowest BCUT2D eigenvalue weighted by Crippen LogP contribution is -2.23. The third-order valence-corrected chi connectivity index (χ3v) is 4.29. The molecule has 0 amide bonds. The molecule has 112 valence electrons. The highest BCUT2D eigenvalue weighted by molar-refractivity contribution is 6.42. The molecule has 0 bridgehead atoms. The van der Waals surface area contributed by atoms with E-state index in [-0.39, 0.29) is 11.1 Å². The first kappa shape index (κ1) is 16.6. The molecule has 0 aromatic heterocycles. The topological polar surface area (TPSA) is 12.0 Å². The maximum Gasteiger partial charge on any atom is 0.141 e. The van der Waals surface area contributed by atoms with E-state index in [0.717, 1.165) is 24.1 Å². The highest BCUT2D eigenvalue weighted by Gasteiger charge is 2.18. The van der Waals surface area contributed by atoms with Crippen LogP contribution in [0.3, 0.4) is 0 Å². The Hall–Kier alpha value is -0.800. The number of nitrogens with one attached hydrogen (secondary N) is 1. The Morgan fingerprint density at radius 2 is 1.86 bits per heavy atom. The highest BCUT2D eigenvalue weighted by Crippen LogP contribution is 2.34. The van der Waals surface area contributed by atoms with Crippen LogP contribution in [0, 0.1) is 5.82 Å². The van der Waals surface area contributed by atoms with Crippen molar-refractivity contribution in [3.8, 4) is 0 Å². The van der Waals surface area contributed by atoms with Crippen molar-refractivity contribution in [1.82, 2.24) is 5.32 Å². The van der Waals surface area contributed by atoms with Crippen LogP contribution in [-0.4, -0.2) is 6.54 Å². The van der Waals surface area contributed by atoms with Crippen LogP contribution < -0.4 is 5.32 Å². The average Bonchev–Trinajstić information content (AvgIpc) is 2.47. The predicted molar refractivity (Wildman–Crippen MR) is 88.0 cm³/mol. The van der Waals surface area contributed by atoms with Crippen LogP contribution >= 0.6 is 34.8 Å². The van der Waals surface area contributed by atoms with Gasteiger partial charge >= 0.3 is 0 Å². The fourth-order valence-electron chi connectivity index (χ4n) is 2.13. The Morgan fingerprint density at radius 1 is 1.10 bits per heavy atom. The summed E-state index contributed by atoms with van der Waals surface area (Å²) in [5, 5.41) is 4.47. The van der Waals surface area contributed by atoms with Gasteiger partial charge in [-0.25, -0.2) is 4.39 Å². The van der Waals surface area contributed by atoms with Gasteiger partial charge in [0.2, 0.25) is 0 Å². The van der Waals surface area contributed by atoms with Gasteiger partial charge in [0.1, 0.15) is 5.82 Å². The van der Waals surface area contributed by atoms with Crippen LogP contribution in [0.15, 0.2) is 36.4 Å². The first-order chi connectivity index (χ1) is 10.0. The van der Waals surface area contributed by atoms with Crippen LogP contribution in [0.2, 0.25) is 15.1 Å². The summed E-state index contributed by atoms with van der Waals surface area (Å²) < 4.78 is 13.4. The summed E-state index contributed by atoms with van der Waals surface area (Å²) in [4.78, 5) is 0. The normalized spacial score (nSPS) is 12.4. The molecule has 0 aliphatic carbocycles. The van der Waals surface area contributed by atoms with E-state index in [1.165, 1.54) is 6.07 Å². The van der Waals surface area contributed by atoms with Gasteiger partial charge in [-0.1, -0.05) is 59.9 Å². The molecule has 2 aromatic rings. The summed E-state index contributed by atoms with van der Waals surface area (Å²) in [6.45, 7) is 2.86. The largest absolute Gasteiger partial charge is 0.306 e. The van der Waals surface area contributed by atoms with Gasteiger partial charge in [-0.3, -0.25) is 0 Å². The molecule has 0 saturated heterocycles. The first-order valence-corrected chi connectivity index (χ1v) is 7.80. The molecule has 1 atom stereocenters. The Morgan fingerprint density at radius 3 is 2.52 bits per heavy atom. The molecule has 2 rings (SSSR count). The van der Waals surface area contributed by atoms with Crippen LogP contribution in [-0.2, 0) is 0 Å². The molecule has 0 saturated carbocycles. The zero-order chi connectivity index (χ0) is 15.4. The number of hydrogen-bond acceptors (Lipinski definition) is 1. The lowest BCUT2D eigenvalue weighted by atomic mass is 9.98. The van der Waals surface area contributed by atoms with E-state index in [4.69, 9.17) is 34.8 Å². The molecular formula is C16H15Cl3FN. The van der Waals surface area contributed by atoms with Crippen molar-refractivity contribution in [1.29, 1.82) is 0 Å². The van der Waals surface area contributed by atoms with Crippen molar-refractivity contribution < 1.29 is 4.39 Å². The van der Waals surface area contributed by atoms with E-state index in [1.807, 2.05) is 12.1 Å². The summed E-state index contributed by atoms with van der Waals surface area (Å²) >= 11 is 18.3. The lowest BCUT2D eigenvalue weighted by molar-refractivity contribution is 0.593. The fraction of sp³-hybridized carbons (Fsp3) is 0.250. The van der Waals surface area contributed by atoms with E-state index < -0.39 is 5.82 Å². The molecule has 0 aliphatic heterocycles. The number of hydrogen-bond donors (Lipinski definition) is 1. The quantitative estimate of drug-likeness (QED) is 0.713. The summed E-state index contributed by atoms with van der Waals surface area (Å²) in [6.07, 6.45) is 0.962. The second kappa shape index (κ2) is 7.46. The summed E-state index contributed by atoms with van der Waals surface area (Å²) in [5.41, 5.74) is 1.69. The highest BCUT2D eigenvalue weighted by atomic mass is 35.5.